The SMILES string of the molecule is CC1CN(C(=O)CSc2nnc(-c3ccccc3F)n2N)CC(C)O1. The van der Waals surface area contributed by atoms with E-state index in [1.807, 2.05) is 13.8 Å². The number of carbonyl (C=O) groups excluding carboxylic acids is 1. The zero-order valence-corrected chi connectivity index (χ0v) is 14.9. The molecule has 0 spiro atoms. The molecule has 0 saturated carbocycles. The van der Waals surface area contributed by atoms with E-state index in [0.717, 1.165) is 0 Å². The van der Waals surface area contributed by atoms with Crippen molar-refractivity contribution < 1.29 is 13.9 Å². The fourth-order valence-corrected chi connectivity index (χ4v) is 3.56. The Balaban J connectivity index is 1.66. The number of carbonyl (C=O) groups is 1. The Hall–Kier alpha value is -2.13. The van der Waals surface area contributed by atoms with Crippen LogP contribution in [0.1, 0.15) is 13.8 Å². The van der Waals surface area contributed by atoms with Crippen LogP contribution in [0.3, 0.4) is 0 Å². The van der Waals surface area contributed by atoms with Gasteiger partial charge in [-0.1, -0.05) is 23.9 Å². The lowest BCUT2D eigenvalue weighted by Gasteiger charge is -2.35. The molecule has 1 aliphatic rings. The molecule has 1 aliphatic heterocycles. The van der Waals surface area contributed by atoms with E-state index in [2.05, 4.69) is 10.2 Å². The molecule has 2 aromatic rings. The van der Waals surface area contributed by atoms with Gasteiger partial charge in [0.1, 0.15) is 5.82 Å². The molecule has 7 nitrogen and oxygen atoms in total. The minimum atomic E-state index is -0.425. The summed E-state index contributed by atoms with van der Waals surface area (Å²) in [5.41, 5.74) is 0.270. The normalized spacial score (nSPS) is 20.7. The monoisotopic (exact) mass is 365 g/mol. The molecule has 2 N–H and O–H groups in total. The molecule has 1 amide bonds. The molecular formula is C16H20FN5O2S. The van der Waals surface area contributed by atoms with Crippen molar-refractivity contribution in [3.05, 3.63) is 30.1 Å². The Morgan fingerprint density at radius 3 is 2.68 bits per heavy atom. The van der Waals surface area contributed by atoms with E-state index < -0.39 is 5.82 Å². The van der Waals surface area contributed by atoms with Crippen molar-refractivity contribution in [3.63, 3.8) is 0 Å². The van der Waals surface area contributed by atoms with Gasteiger partial charge in [0, 0.05) is 13.1 Å². The first-order chi connectivity index (χ1) is 12.0. The Labute approximate surface area is 149 Å². The second-order valence-corrected chi connectivity index (χ2v) is 6.94. The van der Waals surface area contributed by atoms with Crippen molar-refractivity contribution in [1.82, 2.24) is 19.8 Å². The maximum atomic E-state index is 13.9. The Morgan fingerprint density at radius 2 is 2.00 bits per heavy atom. The number of thioether (sulfide) groups is 1. The van der Waals surface area contributed by atoms with Gasteiger partial charge in [-0.05, 0) is 26.0 Å². The number of rotatable bonds is 4. The third kappa shape index (κ3) is 3.93. The van der Waals surface area contributed by atoms with Crippen LogP contribution in [0.15, 0.2) is 29.4 Å². The van der Waals surface area contributed by atoms with Gasteiger partial charge in [0.2, 0.25) is 11.1 Å². The van der Waals surface area contributed by atoms with E-state index >= 15 is 0 Å². The summed E-state index contributed by atoms with van der Waals surface area (Å²) in [6, 6.07) is 6.21. The molecule has 1 aromatic carbocycles. The van der Waals surface area contributed by atoms with Crippen LogP contribution in [-0.2, 0) is 9.53 Å². The predicted molar refractivity (Wildman–Crippen MR) is 92.9 cm³/mol. The number of hydrogen-bond acceptors (Lipinski definition) is 6. The highest BCUT2D eigenvalue weighted by molar-refractivity contribution is 7.99. The minimum Gasteiger partial charge on any atom is -0.372 e. The molecule has 1 aromatic heterocycles. The van der Waals surface area contributed by atoms with Crippen molar-refractivity contribution in [2.24, 2.45) is 0 Å². The highest BCUT2D eigenvalue weighted by Gasteiger charge is 2.26. The van der Waals surface area contributed by atoms with Gasteiger partial charge in [0.05, 0.1) is 23.5 Å². The van der Waals surface area contributed by atoms with Gasteiger partial charge >= 0.3 is 0 Å². The van der Waals surface area contributed by atoms with Gasteiger partial charge in [0.25, 0.3) is 0 Å². The molecule has 134 valence electrons. The summed E-state index contributed by atoms with van der Waals surface area (Å²) in [4.78, 5) is 14.2. The predicted octanol–water partition coefficient (Wildman–Crippen LogP) is 1.53. The number of nitrogens with zero attached hydrogens (tertiary/aromatic N) is 4. The van der Waals surface area contributed by atoms with E-state index in [-0.39, 0.29) is 35.3 Å². The molecule has 0 radical (unpaired) electrons. The van der Waals surface area contributed by atoms with Crippen LogP contribution in [0.2, 0.25) is 0 Å². The molecule has 2 heterocycles. The molecule has 0 bridgehead atoms. The number of halogens is 1. The number of aromatic nitrogens is 3. The number of nitrogen functional groups attached to an aromatic ring is 1. The van der Waals surface area contributed by atoms with Crippen LogP contribution in [0.4, 0.5) is 4.39 Å². The lowest BCUT2D eigenvalue weighted by atomic mass is 10.2. The Kier molecular flexibility index (Phi) is 5.24. The Morgan fingerprint density at radius 1 is 1.32 bits per heavy atom. The number of ether oxygens (including phenoxy) is 1. The minimum absolute atomic E-state index is 0.0116. The molecule has 0 aliphatic carbocycles. The average Bonchev–Trinajstić information content (AvgIpc) is 2.93. The molecule has 1 saturated heterocycles. The zero-order valence-electron chi connectivity index (χ0n) is 14.1. The van der Waals surface area contributed by atoms with Gasteiger partial charge in [-0.15, -0.1) is 10.2 Å². The molecule has 9 heteroatoms. The highest BCUT2D eigenvalue weighted by atomic mass is 32.2. The van der Waals surface area contributed by atoms with Crippen LogP contribution in [-0.4, -0.2) is 56.7 Å². The summed E-state index contributed by atoms with van der Waals surface area (Å²) in [6.07, 6.45) is 0.0343. The summed E-state index contributed by atoms with van der Waals surface area (Å²) in [6.45, 7) is 5.03. The number of hydrogen-bond donors (Lipinski definition) is 1. The van der Waals surface area contributed by atoms with Crippen molar-refractivity contribution in [1.29, 1.82) is 0 Å². The highest BCUT2D eigenvalue weighted by Crippen LogP contribution is 2.24. The first kappa shape index (κ1) is 17.7. The Bertz CT molecular complexity index is 759. The third-order valence-corrected chi connectivity index (χ3v) is 4.80. The van der Waals surface area contributed by atoms with Crippen LogP contribution >= 0.6 is 11.8 Å². The third-order valence-electron chi connectivity index (χ3n) is 3.88. The molecule has 2 atom stereocenters. The van der Waals surface area contributed by atoms with E-state index in [0.29, 0.717) is 18.2 Å². The van der Waals surface area contributed by atoms with Crippen molar-refractivity contribution in [3.8, 4) is 11.4 Å². The molecule has 25 heavy (non-hydrogen) atoms. The molecule has 1 fully saturated rings. The summed E-state index contributed by atoms with van der Waals surface area (Å²) >= 11 is 1.18. The quantitative estimate of drug-likeness (QED) is 0.653. The summed E-state index contributed by atoms with van der Waals surface area (Å²) in [5, 5.41) is 8.27. The van der Waals surface area contributed by atoms with E-state index in [1.54, 1.807) is 23.1 Å². The van der Waals surface area contributed by atoms with Crippen LogP contribution in [0.5, 0.6) is 0 Å². The van der Waals surface area contributed by atoms with Crippen molar-refractivity contribution in [2.45, 2.75) is 31.2 Å². The average molecular weight is 365 g/mol. The number of benzene rings is 1. The zero-order chi connectivity index (χ0) is 18.0. The van der Waals surface area contributed by atoms with E-state index in [4.69, 9.17) is 10.6 Å². The van der Waals surface area contributed by atoms with Crippen molar-refractivity contribution in [2.75, 3.05) is 24.7 Å². The van der Waals surface area contributed by atoms with Gasteiger partial charge in [-0.25, -0.2) is 9.07 Å². The second kappa shape index (κ2) is 7.40. The van der Waals surface area contributed by atoms with Crippen molar-refractivity contribution >= 4 is 17.7 Å². The lowest BCUT2D eigenvalue weighted by Crippen LogP contribution is -2.48. The number of amides is 1. The molecule has 3 rings (SSSR count). The largest absolute Gasteiger partial charge is 0.372 e. The maximum Gasteiger partial charge on any atom is 0.233 e. The van der Waals surface area contributed by atoms with Gasteiger partial charge in [0.15, 0.2) is 5.82 Å². The van der Waals surface area contributed by atoms with Crippen LogP contribution in [0.25, 0.3) is 11.4 Å². The number of nitrogens with two attached hydrogens (primary N) is 1. The topological polar surface area (TPSA) is 86.3 Å². The number of morpholine rings is 1. The summed E-state index contributed by atoms with van der Waals surface area (Å²) in [5.74, 6) is 5.95. The standard InChI is InChI=1S/C16H20FN5O2S/c1-10-7-21(8-11(2)24-10)14(23)9-25-16-20-19-15(22(16)18)12-5-3-4-6-13(12)17/h3-6,10-11H,7-9,18H2,1-2H3. The summed E-state index contributed by atoms with van der Waals surface area (Å²) in [7, 11) is 0. The fourth-order valence-electron chi connectivity index (χ4n) is 2.80. The smallest absolute Gasteiger partial charge is 0.233 e. The fraction of sp³-hybridized carbons (Fsp3) is 0.438. The first-order valence-corrected chi connectivity index (χ1v) is 8.95. The molecule has 2 unspecified atom stereocenters. The van der Waals surface area contributed by atoms with Gasteiger partial charge in [-0.3, -0.25) is 4.79 Å². The van der Waals surface area contributed by atoms with Gasteiger partial charge in [-0.2, -0.15) is 0 Å². The maximum absolute atomic E-state index is 13.9. The van der Waals surface area contributed by atoms with Gasteiger partial charge < -0.3 is 15.5 Å². The first-order valence-electron chi connectivity index (χ1n) is 7.97. The molecular weight excluding hydrogens is 345 g/mol. The van der Waals surface area contributed by atoms with E-state index in [9.17, 15) is 9.18 Å². The second-order valence-electron chi connectivity index (χ2n) is 6.00. The lowest BCUT2D eigenvalue weighted by molar-refractivity contribution is -0.140. The van der Waals surface area contributed by atoms with E-state index in [1.165, 1.54) is 22.5 Å². The van der Waals surface area contributed by atoms with Crippen LogP contribution in [0, 0.1) is 5.82 Å². The summed E-state index contributed by atoms with van der Waals surface area (Å²) < 4.78 is 20.7. The van der Waals surface area contributed by atoms with Crippen LogP contribution < -0.4 is 5.84 Å².